The molecule has 0 spiro atoms. The largest absolute Gasteiger partial charge is 0.496 e. The first-order valence-corrected chi connectivity index (χ1v) is 7.16. The van der Waals surface area contributed by atoms with E-state index in [1.54, 1.807) is 7.11 Å². The number of aliphatic hydroxyl groups excluding tert-OH is 1. The molecule has 0 amide bonds. The monoisotopic (exact) mass is 263 g/mol. The Morgan fingerprint density at radius 2 is 2.16 bits per heavy atom. The lowest BCUT2D eigenvalue weighted by Crippen LogP contribution is -2.30. The van der Waals surface area contributed by atoms with Crippen molar-refractivity contribution >= 4 is 0 Å². The van der Waals surface area contributed by atoms with Gasteiger partial charge in [0.25, 0.3) is 0 Å². The second-order valence-electron chi connectivity index (χ2n) is 5.75. The number of methoxy groups -OCH3 is 1. The third-order valence-corrected chi connectivity index (χ3v) is 3.79. The third-order valence-electron chi connectivity index (χ3n) is 3.79. The van der Waals surface area contributed by atoms with Crippen molar-refractivity contribution in [2.45, 2.75) is 45.3 Å². The average molecular weight is 263 g/mol. The molecule has 106 valence electrons. The van der Waals surface area contributed by atoms with Gasteiger partial charge in [-0.2, -0.15) is 0 Å². The van der Waals surface area contributed by atoms with Crippen LogP contribution in [-0.2, 0) is 0 Å². The summed E-state index contributed by atoms with van der Waals surface area (Å²) in [4.78, 5) is 0. The molecule has 0 heterocycles. The fourth-order valence-corrected chi connectivity index (χ4v) is 2.47. The van der Waals surface area contributed by atoms with Gasteiger partial charge in [-0.05, 0) is 38.3 Å². The van der Waals surface area contributed by atoms with Crippen LogP contribution in [0.1, 0.15) is 43.4 Å². The van der Waals surface area contributed by atoms with Gasteiger partial charge < -0.3 is 15.2 Å². The van der Waals surface area contributed by atoms with E-state index < -0.39 is 6.10 Å². The van der Waals surface area contributed by atoms with Crippen LogP contribution in [-0.4, -0.2) is 24.8 Å². The van der Waals surface area contributed by atoms with E-state index in [0.717, 1.165) is 22.8 Å². The van der Waals surface area contributed by atoms with E-state index in [-0.39, 0.29) is 0 Å². The summed E-state index contributed by atoms with van der Waals surface area (Å²) < 4.78 is 5.32. The smallest absolute Gasteiger partial charge is 0.124 e. The SMILES string of the molecule is COc1ccc(C)cc1C(O)CNC(C)CC1CC1. The predicted octanol–water partition coefficient (Wildman–Crippen LogP) is 2.82. The van der Waals surface area contributed by atoms with Crippen molar-refractivity contribution in [3.8, 4) is 5.75 Å². The summed E-state index contributed by atoms with van der Waals surface area (Å²) in [6.07, 6.45) is 3.45. The highest BCUT2D eigenvalue weighted by Crippen LogP contribution is 2.33. The maximum atomic E-state index is 10.3. The van der Waals surface area contributed by atoms with Gasteiger partial charge in [-0.3, -0.25) is 0 Å². The van der Waals surface area contributed by atoms with Crippen LogP contribution in [0.25, 0.3) is 0 Å². The molecule has 1 aliphatic carbocycles. The maximum Gasteiger partial charge on any atom is 0.124 e. The van der Waals surface area contributed by atoms with Crippen molar-refractivity contribution in [1.29, 1.82) is 0 Å². The molecule has 1 aromatic carbocycles. The number of hydrogen-bond acceptors (Lipinski definition) is 3. The molecule has 1 saturated carbocycles. The van der Waals surface area contributed by atoms with Gasteiger partial charge in [0.1, 0.15) is 5.75 Å². The van der Waals surface area contributed by atoms with Gasteiger partial charge >= 0.3 is 0 Å². The average Bonchev–Trinajstić information content (AvgIpc) is 3.19. The summed E-state index contributed by atoms with van der Waals surface area (Å²) in [7, 11) is 1.64. The first-order valence-electron chi connectivity index (χ1n) is 7.16. The zero-order valence-electron chi connectivity index (χ0n) is 12.1. The molecular formula is C16H25NO2. The Balaban J connectivity index is 1.90. The Hall–Kier alpha value is -1.06. The quantitative estimate of drug-likeness (QED) is 0.795. The molecule has 2 N–H and O–H groups in total. The van der Waals surface area contributed by atoms with Crippen LogP contribution in [0, 0.1) is 12.8 Å². The summed E-state index contributed by atoms with van der Waals surface area (Å²) in [6.45, 7) is 4.80. The first-order chi connectivity index (χ1) is 9.10. The molecule has 2 atom stereocenters. The van der Waals surface area contributed by atoms with Gasteiger partial charge in [-0.1, -0.05) is 24.5 Å². The Morgan fingerprint density at radius 3 is 2.79 bits per heavy atom. The van der Waals surface area contributed by atoms with Gasteiger partial charge in [0.05, 0.1) is 13.2 Å². The minimum Gasteiger partial charge on any atom is -0.496 e. The van der Waals surface area contributed by atoms with Crippen molar-refractivity contribution in [3.63, 3.8) is 0 Å². The summed E-state index contributed by atoms with van der Waals surface area (Å²) in [5.74, 6) is 1.67. The molecule has 1 aromatic rings. The number of ether oxygens (including phenoxy) is 1. The zero-order chi connectivity index (χ0) is 13.8. The van der Waals surface area contributed by atoms with Crippen molar-refractivity contribution in [1.82, 2.24) is 5.32 Å². The number of aryl methyl sites for hydroxylation is 1. The first kappa shape index (κ1) is 14.4. The molecule has 0 aliphatic heterocycles. The van der Waals surface area contributed by atoms with Crippen molar-refractivity contribution in [2.75, 3.05) is 13.7 Å². The van der Waals surface area contributed by atoms with Crippen molar-refractivity contribution < 1.29 is 9.84 Å². The highest BCUT2D eigenvalue weighted by atomic mass is 16.5. The summed E-state index contributed by atoms with van der Waals surface area (Å²) in [5.41, 5.74) is 2.01. The number of rotatable bonds is 7. The van der Waals surface area contributed by atoms with E-state index >= 15 is 0 Å². The van der Waals surface area contributed by atoms with E-state index in [1.165, 1.54) is 19.3 Å². The van der Waals surface area contributed by atoms with Crippen LogP contribution in [0.3, 0.4) is 0 Å². The van der Waals surface area contributed by atoms with Gasteiger partial charge in [0.15, 0.2) is 0 Å². The Morgan fingerprint density at radius 1 is 1.42 bits per heavy atom. The molecule has 1 fully saturated rings. The lowest BCUT2D eigenvalue weighted by molar-refractivity contribution is 0.165. The topological polar surface area (TPSA) is 41.5 Å². The minimum absolute atomic E-state index is 0.470. The van der Waals surface area contributed by atoms with Crippen LogP contribution < -0.4 is 10.1 Å². The van der Waals surface area contributed by atoms with Crippen molar-refractivity contribution in [2.24, 2.45) is 5.92 Å². The number of aliphatic hydroxyl groups is 1. The summed E-state index contributed by atoms with van der Waals surface area (Å²) in [5, 5.41) is 13.7. The van der Waals surface area contributed by atoms with E-state index in [9.17, 15) is 5.11 Å². The molecule has 3 heteroatoms. The molecule has 2 unspecified atom stereocenters. The van der Waals surface area contributed by atoms with E-state index in [0.29, 0.717) is 12.6 Å². The zero-order valence-corrected chi connectivity index (χ0v) is 12.1. The highest BCUT2D eigenvalue weighted by molar-refractivity contribution is 5.38. The molecule has 19 heavy (non-hydrogen) atoms. The second-order valence-corrected chi connectivity index (χ2v) is 5.75. The Labute approximate surface area is 116 Å². The normalized spacial score (nSPS) is 18.1. The minimum atomic E-state index is -0.517. The van der Waals surface area contributed by atoms with Crippen LogP contribution >= 0.6 is 0 Å². The standard InChI is InChI=1S/C16H25NO2/c1-11-4-7-16(19-3)14(8-11)15(18)10-17-12(2)9-13-5-6-13/h4,7-8,12-13,15,17-18H,5-6,9-10H2,1-3H3. The van der Waals surface area contributed by atoms with Crippen LogP contribution in [0.15, 0.2) is 18.2 Å². The molecule has 0 bridgehead atoms. The lowest BCUT2D eigenvalue weighted by Gasteiger charge is -2.19. The summed E-state index contributed by atoms with van der Waals surface area (Å²) in [6, 6.07) is 6.38. The van der Waals surface area contributed by atoms with E-state index in [4.69, 9.17) is 4.74 Å². The fourth-order valence-electron chi connectivity index (χ4n) is 2.47. The van der Waals surface area contributed by atoms with E-state index in [2.05, 4.69) is 12.2 Å². The van der Waals surface area contributed by atoms with Crippen LogP contribution in [0.4, 0.5) is 0 Å². The molecule has 0 aromatic heterocycles. The van der Waals surface area contributed by atoms with E-state index in [1.807, 2.05) is 25.1 Å². The number of hydrogen-bond donors (Lipinski definition) is 2. The Bertz CT molecular complexity index is 415. The predicted molar refractivity (Wildman–Crippen MR) is 77.5 cm³/mol. The summed E-state index contributed by atoms with van der Waals surface area (Å²) >= 11 is 0. The van der Waals surface area contributed by atoms with Gasteiger partial charge in [-0.25, -0.2) is 0 Å². The molecule has 0 radical (unpaired) electrons. The van der Waals surface area contributed by atoms with Crippen LogP contribution in [0.2, 0.25) is 0 Å². The molecule has 1 aliphatic rings. The van der Waals surface area contributed by atoms with Crippen LogP contribution in [0.5, 0.6) is 5.75 Å². The van der Waals surface area contributed by atoms with Crippen molar-refractivity contribution in [3.05, 3.63) is 29.3 Å². The fraction of sp³-hybridized carbons (Fsp3) is 0.625. The van der Waals surface area contributed by atoms with Gasteiger partial charge in [0, 0.05) is 18.2 Å². The molecule has 0 saturated heterocycles. The number of benzene rings is 1. The second kappa shape index (κ2) is 6.40. The van der Waals surface area contributed by atoms with Gasteiger partial charge in [0.2, 0.25) is 0 Å². The molecule has 3 nitrogen and oxygen atoms in total. The molecule has 2 rings (SSSR count). The highest BCUT2D eigenvalue weighted by Gasteiger charge is 2.23. The number of nitrogens with one attached hydrogen (secondary N) is 1. The molecular weight excluding hydrogens is 238 g/mol. The third kappa shape index (κ3) is 4.22. The van der Waals surface area contributed by atoms with Gasteiger partial charge in [-0.15, -0.1) is 0 Å². The lowest BCUT2D eigenvalue weighted by atomic mass is 10.0. The Kier molecular flexibility index (Phi) is 4.83. The maximum absolute atomic E-state index is 10.3.